The van der Waals surface area contributed by atoms with E-state index in [-0.39, 0.29) is 29.9 Å². The number of guanidine groups is 1. The van der Waals surface area contributed by atoms with E-state index in [9.17, 15) is 4.79 Å². The zero-order chi connectivity index (χ0) is 18.9. The number of likely N-dealkylation sites (tertiary alicyclic amines) is 1. The molecule has 1 heterocycles. The lowest BCUT2D eigenvalue weighted by Gasteiger charge is -2.22. The van der Waals surface area contributed by atoms with Crippen LogP contribution in [0.2, 0.25) is 0 Å². The Morgan fingerprint density at radius 3 is 2.36 bits per heavy atom. The molecule has 0 radical (unpaired) electrons. The minimum absolute atomic E-state index is 0. The number of carbonyl (C=O) groups is 1. The topological polar surface area (TPSA) is 56.7 Å². The molecule has 1 aliphatic heterocycles. The second kappa shape index (κ2) is 11.7. The summed E-state index contributed by atoms with van der Waals surface area (Å²) in [6.45, 7) is 3.26. The molecule has 6 heteroatoms. The van der Waals surface area contributed by atoms with Gasteiger partial charge in [0.05, 0.1) is 0 Å². The lowest BCUT2D eigenvalue weighted by atomic mass is 9.99. The van der Waals surface area contributed by atoms with Crippen LogP contribution in [-0.2, 0) is 6.42 Å². The lowest BCUT2D eigenvalue weighted by Crippen LogP contribution is -2.43. The largest absolute Gasteiger partial charge is 0.354 e. The Bertz CT molecular complexity index is 752. The minimum atomic E-state index is -0.0449. The summed E-state index contributed by atoms with van der Waals surface area (Å²) in [7, 11) is 1.81. The van der Waals surface area contributed by atoms with Gasteiger partial charge in [0.2, 0.25) is 0 Å². The van der Waals surface area contributed by atoms with Gasteiger partial charge < -0.3 is 15.5 Å². The van der Waals surface area contributed by atoms with Gasteiger partial charge in [-0.1, -0.05) is 48.5 Å². The van der Waals surface area contributed by atoms with E-state index >= 15 is 0 Å². The van der Waals surface area contributed by atoms with E-state index in [1.807, 2.05) is 37.4 Å². The summed E-state index contributed by atoms with van der Waals surface area (Å²) in [5.41, 5.74) is 2.08. The van der Waals surface area contributed by atoms with Crippen molar-refractivity contribution in [2.24, 2.45) is 10.9 Å². The molecule has 1 saturated heterocycles. The molecular formula is C22H29IN4O. The van der Waals surface area contributed by atoms with Gasteiger partial charge in [-0.15, -0.1) is 24.0 Å². The van der Waals surface area contributed by atoms with Gasteiger partial charge in [0.25, 0.3) is 5.91 Å². The molecule has 2 aromatic rings. The molecule has 2 aromatic carbocycles. The second-order valence-corrected chi connectivity index (χ2v) is 6.89. The molecule has 0 bridgehead atoms. The smallest absolute Gasteiger partial charge is 0.251 e. The Balaban J connectivity index is 0.00000280. The van der Waals surface area contributed by atoms with Gasteiger partial charge >= 0.3 is 0 Å². The monoisotopic (exact) mass is 492 g/mol. The van der Waals surface area contributed by atoms with E-state index in [0.29, 0.717) is 24.6 Å². The van der Waals surface area contributed by atoms with Crippen molar-refractivity contribution in [3.8, 4) is 0 Å². The zero-order valence-electron chi connectivity index (χ0n) is 16.3. The quantitative estimate of drug-likeness (QED) is 0.282. The van der Waals surface area contributed by atoms with Crippen molar-refractivity contribution >= 4 is 35.8 Å². The third-order valence-electron chi connectivity index (χ3n) is 4.89. The first-order valence-electron chi connectivity index (χ1n) is 9.59. The van der Waals surface area contributed by atoms with Crippen LogP contribution in [-0.4, -0.2) is 50.0 Å². The SMILES string of the molecule is CN=C(NCCNC(=O)c1ccccc1)N1CCC(Cc2ccccc2)C1.I. The van der Waals surface area contributed by atoms with Crippen molar-refractivity contribution in [2.75, 3.05) is 33.2 Å². The maximum Gasteiger partial charge on any atom is 0.251 e. The van der Waals surface area contributed by atoms with Crippen LogP contribution in [0, 0.1) is 5.92 Å². The highest BCUT2D eigenvalue weighted by Crippen LogP contribution is 2.20. The zero-order valence-corrected chi connectivity index (χ0v) is 18.6. The molecule has 0 aromatic heterocycles. The Kier molecular flexibility index (Phi) is 9.27. The van der Waals surface area contributed by atoms with E-state index in [2.05, 4.69) is 50.9 Å². The molecule has 150 valence electrons. The van der Waals surface area contributed by atoms with Crippen molar-refractivity contribution in [1.29, 1.82) is 0 Å². The second-order valence-electron chi connectivity index (χ2n) is 6.89. The number of nitrogens with zero attached hydrogens (tertiary/aromatic N) is 2. The maximum absolute atomic E-state index is 12.1. The highest BCUT2D eigenvalue weighted by atomic mass is 127. The van der Waals surface area contributed by atoms with Crippen molar-refractivity contribution in [1.82, 2.24) is 15.5 Å². The number of amides is 1. The molecule has 28 heavy (non-hydrogen) atoms. The highest BCUT2D eigenvalue weighted by Gasteiger charge is 2.24. The van der Waals surface area contributed by atoms with Crippen molar-refractivity contribution in [3.63, 3.8) is 0 Å². The van der Waals surface area contributed by atoms with Gasteiger partial charge in [-0.3, -0.25) is 9.79 Å². The normalized spacial score (nSPS) is 16.4. The Morgan fingerprint density at radius 1 is 1.04 bits per heavy atom. The first kappa shape index (κ1) is 22.2. The number of benzene rings is 2. The fourth-order valence-corrected chi connectivity index (χ4v) is 3.51. The summed E-state index contributed by atoms with van der Waals surface area (Å²) in [4.78, 5) is 18.8. The first-order chi connectivity index (χ1) is 13.3. The first-order valence-corrected chi connectivity index (χ1v) is 9.59. The van der Waals surface area contributed by atoms with Crippen molar-refractivity contribution in [3.05, 3.63) is 71.8 Å². The predicted molar refractivity (Wildman–Crippen MR) is 125 cm³/mol. The number of halogens is 1. The van der Waals surface area contributed by atoms with Crippen LogP contribution >= 0.6 is 24.0 Å². The lowest BCUT2D eigenvalue weighted by molar-refractivity contribution is 0.0954. The van der Waals surface area contributed by atoms with E-state index in [4.69, 9.17) is 0 Å². The number of nitrogens with one attached hydrogen (secondary N) is 2. The van der Waals surface area contributed by atoms with Crippen LogP contribution in [0.25, 0.3) is 0 Å². The molecule has 1 atom stereocenters. The summed E-state index contributed by atoms with van der Waals surface area (Å²) in [5, 5.41) is 6.30. The average Bonchev–Trinajstić information content (AvgIpc) is 3.17. The van der Waals surface area contributed by atoms with Crippen molar-refractivity contribution in [2.45, 2.75) is 12.8 Å². The van der Waals surface area contributed by atoms with Crippen LogP contribution in [0.4, 0.5) is 0 Å². The summed E-state index contributed by atoms with van der Waals surface area (Å²) < 4.78 is 0. The maximum atomic E-state index is 12.1. The standard InChI is InChI=1S/C22H28N4O.HI/c1-23-22(25-14-13-24-21(27)20-10-6-3-7-11-20)26-15-12-19(17-26)16-18-8-4-2-5-9-18;/h2-11,19H,12-17H2,1H3,(H,23,25)(H,24,27);1H. The van der Waals surface area contributed by atoms with Gasteiger partial charge in [-0.05, 0) is 36.5 Å². The number of carbonyl (C=O) groups excluding carboxylic acids is 1. The van der Waals surface area contributed by atoms with Crippen molar-refractivity contribution < 1.29 is 4.79 Å². The van der Waals surface area contributed by atoms with Crippen LogP contribution in [0.15, 0.2) is 65.7 Å². The summed E-state index contributed by atoms with van der Waals surface area (Å²) in [6.07, 6.45) is 2.29. The van der Waals surface area contributed by atoms with Crippen LogP contribution in [0.3, 0.4) is 0 Å². The van der Waals surface area contributed by atoms with Gasteiger partial charge in [0.1, 0.15) is 0 Å². The fraction of sp³-hybridized carbons (Fsp3) is 0.364. The Hall–Kier alpha value is -2.09. The van der Waals surface area contributed by atoms with E-state index in [1.54, 1.807) is 0 Å². The van der Waals surface area contributed by atoms with Gasteiger partial charge in [-0.25, -0.2) is 0 Å². The van der Waals surface area contributed by atoms with Crippen LogP contribution in [0.5, 0.6) is 0 Å². The molecule has 0 spiro atoms. The molecular weight excluding hydrogens is 463 g/mol. The molecule has 1 unspecified atom stereocenters. The van der Waals surface area contributed by atoms with E-state index in [0.717, 1.165) is 25.5 Å². The highest BCUT2D eigenvalue weighted by molar-refractivity contribution is 14.0. The van der Waals surface area contributed by atoms with Gasteiger partial charge in [-0.2, -0.15) is 0 Å². The summed E-state index contributed by atoms with van der Waals surface area (Å²) in [6, 6.07) is 19.9. The van der Waals surface area contributed by atoms with Gasteiger partial charge in [0, 0.05) is 38.8 Å². The fourth-order valence-electron chi connectivity index (χ4n) is 3.51. The molecule has 3 rings (SSSR count). The number of hydrogen-bond acceptors (Lipinski definition) is 2. The average molecular weight is 492 g/mol. The number of rotatable bonds is 6. The third kappa shape index (κ3) is 6.51. The molecule has 1 amide bonds. The third-order valence-corrected chi connectivity index (χ3v) is 4.89. The Labute approximate surface area is 184 Å². The molecule has 1 fully saturated rings. The minimum Gasteiger partial charge on any atom is -0.354 e. The Morgan fingerprint density at radius 2 is 1.68 bits per heavy atom. The molecule has 0 aliphatic carbocycles. The van der Waals surface area contributed by atoms with Crippen LogP contribution < -0.4 is 10.6 Å². The molecule has 2 N–H and O–H groups in total. The van der Waals surface area contributed by atoms with E-state index in [1.165, 1.54) is 12.0 Å². The molecule has 1 aliphatic rings. The number of hydrogen-bond donors (Lipinski definition) is 2. The summed E-state index contributed by atoms with van der Waals surface area (Å²) in [5.74, 6) is 1.53. The number of aliphatic imine (C=N–C) groups is 1. The molecule has 5 nitrogen and oxygen atoms in total. The van der Waals surface area contributed by atoms with E-state index < -0.39 is 0 Å². The van der Waals surface area contributed by atoms with Gasteiger partial charge in [0.15, 0.2) is 5.96 Å². The summed E-state index contributed by atoms with van der Waals surface area (Å²) >= 11 is 0. The molecule has 0 saturated carbocycles. The predicted octanol–water partition coefficient (Wildman–Crippen LogP) is 3.17. The van der Waals surface area contributed by atoms with Crippen LogP contribution in [0.1, 0.15) is 22.3 Å².